The maximum absolute atomic E-state index is 2.59. The van der Waals surface area contributed by atoms with E-state index < -0.39 is 8.07 Å². The van der Waals surface area contributed by atoms with Crippen molar-refractivity contribution in [3.63, 3.8) is 0 Å². The molecule has 0 saturated heterocycles. The highest BCUT2D eigenvalue weighted by molar-refractivity contribution is 8.00. The molecule has 7 aromatic rings. The van der Waals surface area contributed by atoms with Gasteiger partial charge in [-0.05, 0) is 63.2 Å². The Kier molecular flexibility index (Phi) is 6.58. The van der Waals surface area contributed by atoms with Gasteiger partial charge >= 0.3 is 0 Å². The molecule has 0 aromatic heterocycles. The molecule has 0 saturated carbocycles. The second kappa shape index (κ2) is 11.1. The van der Waals surface area contributed by atoms with Crippen LogP contribution in [0.25, 0.3) is 0 Å². The van der Waals surface area contributed by atoms with Crippen LogP contribution in [0.5, 0.6) is 0 Å². The zero-order chi connectivity index (χ0) is 30.5. The summed E-state index contributed by atoms with van der Waals surface area (Å²) in [6.45, 7) is 0.183. The van der Waals surface area contributed by atoms with Crippen molar-refractivity contribution in [2.45, 2.75) is 9.79 Å². The topological polar surface area (TPSA) is 3.24 Å². The van der Waals surface area contributed by atoms with E-state index in [1.807, 2.05) is 11.8 Å². The first-order valence-electron chi connectivity index (χ1n) is 15.9. The van der Waals surface area contributed by atoms with E-state index in [9.17, 15) is 0 Å². The smallest absolute Gasteiger partial charge is 0.243 e. The van der Waals surface area contributed by atoms with Crippen LogP contribution < -0.4 is 42.0 Å². The normalized spacial score (nSPS) is 13.7. The molecule has 1 nitrogen and oxygen atoms in total. The number of hydrogen-bond donors (Lipinski definition) is 0. The molecule has 0 unspecified atom stereocenters. The predicted molar refractivity (Wildman–Crippen MR) is 200 cm³/mol. The summed E-state index contributed by atoms with van der Waals surface area (Å²) < 4.78 is 0. The number of hydrogen-bond acceptors (Lipinski definition) is 2. The van der Waals surface area contributed by atoms with Gasteiger partial charge in [-0.1, -0.05) is 168 Å². The predicted octanol–water partition coefficient (Wildman–Crippen LogP) is 5.83. The highest BCUT2D eigenvalue weighted by atomic mass is 32.2. The van der Waals surface area contributed by atoms with Crippen LogP contribution in [0.15, 0.2) is 192 Å². The van der Waals surface area contributed by atoms with E-state index in [2.05, 4.69) is 187 Å². The Balaban J connectivity index is 1.29. The van der Waals surface area contributed by atoms with Gasteiger partial charge in [0.25, 0.3) is 0 Å². The Bertz CT molecular complexity index is 2110. The zero-order valence-electron chi connectivity index (χ0n) is 25.3. The fourth-order valence-corrected chi connectivity index (χ4v) is 14.4. The number of fused-ring (bicyclic) bond motifs is 4. The van der Waals surface area contributed by atoms with Crippen molar-refractivity contribution in [2.24, 2.45) is 0 Å². The van der Waals surface area contributed by atoms with Gasteiger partial charge in [0.05, 0.1) is 0 Å². The molecule has 216 valence electrons. The molecular formula is C42H30BNSSi. The monoisotopic (exact) mass is 619 g/mol. The summed E-state index contributed by atoms with van der Waals surface area (Å²) >= 11 is 1.93. The van der Waals surface area contributed by atoms with Gasteiger partial charge in [-0.2, -0.15) is 0 Å². The molecule has 2 aliphatic heterocycles. The van der Waals surface area contributed by atoms with Crippen molar-refractivity contribution >= 4 is 80.7 Å². The molecule has 2 heterocycles. The van der Waals surface area contributed by atoms with Crippen molar-refractivity contribution < 1.29 is 0 Å². The molecule has 0 N–H and O–H groups in total. The van der Waals surface area contributed by atoms with Crippen molar-refractivity contribution in [3.8, 4) is 0 Å². The summed E-state index contributed by atoms with van der Waals surface area (Å²) in [6, 6.07) is 67.6. The summed E-state index contributed by atoms with van der Waals surface area (Å²) in [5, 5.41) is 5.89. The average Bonchev–Trinajstić information content (AvgIpc) is 3.13. The second-order valence-corrected chi connectivity index (χ2v) is 16.9. The molecule has 4 heteroatoms. The first-order chi connectivity index (χ1) is 22.8. The standard InChI is InChI=1S/C42H30BNSSi/c1-5-16-31(17-6-1)44(32-18-7-2-8-19-32)33-28-29-36-39(30-33)45-38-25-15-27-41-42(38)43(36)37-24-13-14-26-40(37)46(41,34-20-9-3-10-21-34)35-22-11-4-12-23-35/h1-30H. The zero-order valence-corrected chi connectivity index (χ0v) is 27.1. The highest BCUT2D eigenvalue weighted by Gasteiger charge is 2.51. The maximum Gasteiger partial charge on any atom is 0.243 e. The molecule has 0 bridgehead atoms. The van der Waals surface area contributed by atoms with Gasteiger partial charge in [0, 0.05) is 26.9 Å². The van der Waals surface area contributed by atoms with Gasteiger partial charge in [-0.25, -0.2) is 0 Å². The molecule has 46 heavy (non-hydrogen) atoms. The SMILES string of the molecule is c1ccc(N(c2ccccc2)c2ccc3c(c2)Sc2cccc4c2B3c2ccccc2[Si]4(c2ccccc2)c2ccccc2)cc1. The third-order valence-electron chi connectivity index (χ3n) is 9.66. The molecule has 9 rings (SSSR count). The van der Waals surface area contributed by atoms with Crippen LogP contribution in [0.4, 0.5) is 17.1 Å². The molecule has 0 amide bonds. The average molecular weight is 620 g/mol. The molecule has 0 aliphatic carbocycles. The van der Waals surface area contributed by atoms with Crippen LogP contribution >= 0.6 is 11.8 Å². The van der Waals surface area contributed by atoms with E-state index in [1.54, 1.807) is 0 Å². The number of para-hydroxylation sites is 2. The minimum Gasteiger partial charge on any atom is -0.310 e. The van der Waals surface area contributed by atoms with Gasteiger partial charge in [-0.15, -0.1) is 0 Å². The maximum atomic E-state index is 2.44. The molecule has 2 aliphatic rings. The lowest BCUT2D eigenvalue weighted by atomic mass is 9.36. The van der Waals surface area contributed by atoms with E-state index in [0.717, 1.165) is 11.4 Å². The van der Waals surface area contributed by atoms with Crippen molar-refractivity contribution in [1.82, 2.24) is 0 Å². The van der Waals surface area contributed by atoms with Crippen molar-refractivity contribution in [1.29, 1.82) is 0 Å². The largest absolute Gasteiger partial charge is 0.310 e. The van der Waals surface area contributed by atoms with Gasteiger partial charge in [0.15, 0.2) is 8.07 Å². The number of anilines is 3. The van der Waals surface area contributed by atoms with Crippen LogP contribution in [0.2, 0.25) is 0 Å². The lowest BCUT2D eigenvalue weighted by molar-refractivity contribution is 1.27. The van der Waals surface area contributed by atoms with Crippen LogP contribution in [0.3, 0.4) is 0 Å². The van der Waals surface area contributed by atoms with Gasteiger partial charge in [0.1, 0.15) is 0 Å². The van der Waals surface area contributed by atoms with E-state index in [-0.39, 0.29) is 6.71 Å². The third-order valence-corrected chi connectivity index (χ3v) is 15.7. The minimum atomic E-state index is -2.59. The number of rotatable bonds is 5. The quantitative estimate of drug-likeness (QED) is 0.223. The summed E-state index contributed by atoms with van der Waals surface area (Å²) in [6.07, 6.45) is 0. The number of benzene rings is 7. The fraction of sp³-hybridized carbons (Fsp3) is 0. The Hall–Kier alpha value is -5.03. The van der Waals surface area contributed by atoms with E-state index >= 15 is 0 Å². The Morgan fingerprint density at radius 2 is 0.957 bits per heavy atom. The summed E-state index contributed by atoms with van der Waals surface area (Å²) in [5.41, 5.74) is 7.81. The highest BCUT2D eigenvalue weighted by Crippen LogP contribution is 2.38. The number of nitrogens with zero attached hydrogens (tertiary/aromatic N) is 1. The molecule has 0 fully saturated rings. The van der Waals surface area contributed by atoms with Gasteiger partial charge in [0.2, 0.25) is 6.71 Å². The Morgan fingerprint density at radius 1 is 0.413 bits per heavy atom. The van der Waals surface area contributed by atoms with E-state index in [0.29, 0.717) is 0 Å². The molecular weight excluding hydrogens is 589 g/mol. The van der Waals surface area contributed by atoms with Crippen LogP contribution in [-0.4, -0.2) is 14.8 Å². The molecule has 0 spiro atoms. The lowest BCUT2D eigenvalue weighted by Crippen LogP contribution is -2.87. The summed E-state index contributed by atoms with van der Waals surface area (Å²) in [4.78, 5) is 5.06. The second-order valence-electron chi connectivity index (χ2n) is 12.1. The first-order valence-corrected chi connectivity index (χ1v) is 18.7. The van der Waals surface area contributed by atoms with Crippen LogP contribution in [0.1, 0.15) is 0 Å². The summed E-state index contributed by atoms with van der Waals surface area (Å²) in [7, 11) is -2.59. The van der Waals surface area contributed by atoms with Gasteiger partial charge in [-0.3, -0.25) is 0 Å². The van der Waals surface area contributed by atoms with Crippen molar-refractivity contribution in [2.75, 3.05) is 4.90 Å². The van der Waals surface area contributed by atoms with E-state index in [4.69, 9.17) is 0 Å². The minimum absolute atomic E-state index is 0.183. The Labute approximate surface area is 276 Å². The Morgan fingerprint density at radius 3 is 1.59 bits per heavy atom. The van der Waals surface area contributed by atoms with E-state index in [1.165, 1.54) is 52.6 Å². The lowest BCUT2D eigenvalue weighted by Gasteiger charge is -2.45. The molecule has 0 atom stereocenters. The molecule has 0 radical (unpaired) electrons. The van der Waals surface area contributed by atoms with Gasteiger partial charge < -0.3 is 4.90 Å². The third kappa shape index (κ3) is 4.11. The van der Waals surface area contributed by atoms with Crippen molar-refractivity contribution in [3.05, 3.63) is 182 Å². The summed E-state index contributed by atoms with van der Waals surface area (Å²) in [5.74, 6) is 0. The first kappa shape index (κ1) is 27.3. The van der Waals surface area contributed by atoms with Crippen LogP contribution in [0, 0.1) is 0 Å². The van der Waals surface area contributed by atoms with Crippen LogP contribution in [-0.2, 0) is 0 Å². The fourth-order valence-electron chi connectivity index (χ4n) is 7.85. The molecule has 7 aromatic carbocycles.